The molecule has 408 valence electrons. The predicted octanol–water partition coefficient (Wildman–Crippen LogP) is 6.85. The summed E-state index contributed by atoms with van der Waals surface area (Å²) in [6.45, 7) is 8.95. The highest BCUT2D eigenvalue weighted by Crippen LogP contribution is 2.41. The van der Waals surface area contributed by atoms with Crippen LogP contribution in [-0.4, -0.2) is 138 Å². The van der Waals surface area contributed by atoms with Crippen LogP contribution in [0.1, 0.15) is 76.1 Å². The van der Waals surface area contributed by atoms with E-state index in [9.17, 15) is 37.5 Å². The molecule has 2 aromatic heterocycles. The molecule has 4 N–H and O–H groups in total. The predicted molar refractivity (Wildman–Crippen MR) is 276 cm³/mol. The van der Waals surface area contributed by atoms with Crippen LogP contribution in [0.5, 0.6) is 0 Å². The lowest BCUT2D eigenvalue weighted by Crippen LogP contribution is -2.62. The van der Waals surface area contributed by atoms with Gasteiger partial charge in [0.25, 0.3) is 0 Å². The number of methoxy groups -OCH3 is 2. The Bertz CT molecular complexity index is 2710. The first-order chi connectivity index (χ1) is 35.9. The average molecular weight is 1080 g/mol. The molecule has 16 nitrogen and oxygen atoms in total. The number of hydrazine groups is 1. The Balaban J connectivity index is 1.15. The molecule has 5 heterocycles. The van der Waals surface area contributed by atoms with Crippen molar-refractivity contribution in [2.75, 3.05) is 52.0 Å². The zero-order valence-electron chi connectivity index (χ0n) is 43.5. The number of carbonyl (C=O) groups excluding carboxylic acids is 4. The number of anilines is 1. The van der Waals surface area contributed by atoms with E-state index >= 15 is 4.39 Å². The van der Waals surface area contributed by atoms with E-state index in [-0.39, 0.29) is 23.4 Å². The third kappa shape index (κ3) is 14.0. The number of aromatic nitrogens is 2. The normalized spacial score (nSPS) is 18.6. The molecule has 3 aliphatic heterocycles. The minimum atomic E-state index is -5.02. The second-order valence-corrected chi connectivity index (χ2v) is 21.6. The lowest BCUT2D eigenvalue weighted by atomic mass is 9.78. The Morgan fingerprint density at radius 3 is 2.11 bits per heavy atom. The van der Waals surface area contributed by atoms with Crippen LogP contribution in [0, 0.1) is 34.4 Å². The summed E-state index contributed by atoms with van der Waals surface area (Å²) in [5, 5.41) is 17.8. The van der Waals surface area contributed by atoms with E-state index in [4.69, 9.17) is 26.1 Å². The molecule has 2 bridgehead atoms. The number of hydrogen-bond acceptors (Lipinski definition) is 13. The molecule has 3 fully saturated rings. The van der Waals surface area contributed by atoms with Gasteiger partial charge in [-0.3, -0.25) is 29.7 Å². The summed E-state index contributed by atoms with van der Waals surface area (Å²) in [7, 11) is 2.10. The second kappa shape index (κ2) is 24.3. The third-order valence-electron chi connectivity index (χ3n) is 14.5. The van der Waals surface area contributed by atoms with Gasteiger partial charge in [-0.25, -0.2) is 19.2 Å². The van der Waals surface area contributed by atoms with Crippen LogP contribution in [0.25, 0.3) is 11.3 Å². The van der Waals surface area contributed by atoms with E-state index in [2.05, 4.69) is 42.1 Å². The molecule has 21 heteroatoms. The first kappa shape index (κ1) is 57.3. The summed E-state index contributed by atoms with van der Waals surface area (Å²) < 4.78 is 74.9. The van der Waals surface area contributed by atoms with Crippen LogP contribution in [0.3, 0.4) is 0 Å². The fourth-order valence-electron chi connectivity index (χ4n) is 9.75. The number of alkyl carbamates (subject to hydrolysis) is 1. The Hall–Kier alpha value is -6.37. The van der Waals surface area contributed by atoms with E-state index < -0.39 is 83.9 Å². The van der Waals surface area contributed by atoms with Crippen molar-refractivity contribution in [3.05, 3.63) is 112 Å². The van der Waals surface area contributed by atoms with Gasteiger partial charge < -0.3 is 34.9 Å². The molecule has 4 aromatic rings. The van der Waals surface area contributed by atoms with Gasteiger partial charge in [-0.2, -0.15) is 13.2 Å². The number of fused-ring (bicyclic) bond motifs is 2. The molecule has 76 heavy (non-hydrogen) atoms. The number of carbonyl (C=O) groups is 4. The molecule has 6 atom stereocenters. The number of rotatable bonds is 18. The van der Waals surface area contributed by atoms with Crippen LogP contribution >= 0.6 is 11.6 Å². The van der Waals surface area contributed by atoms with Crippen LogP contribution < -0.4 is 21.0 Å². The number of aliphatic hydroxyl groups is 1. The highest BCUT2D eigenvalue weighted by atomic mass is 35.5. The number of aliphatic hydroxyl groups excluding tert-OH is 1. The fraction of sp³-hybridized carbons (Fsp3) is 0.491. The molecule has 3 saturated heterocycles. The zero-order valence-corrected chi connectivity index (χ0v) is 44.3. The number of ether oxygens (including phenoxy) is 3. The Morgan fingerprint density at radius 2 is 1.55 bits per heavy atom. The lowest BCUT2D eigenvalue weighted by molar-refractivity contribution is -0.220. The van der Waals surface area contributed by atoms with Gasteiger partial charge in [0, 0.05) is 77.9 Å². The Kier molecular flexibility index (Phi) is 18.3. The number of esters is 1. The van der Waals surface area contributed by atoms with Crippen molar-refractivity contribution in [3.63, 3.8) is 0 Å². The molecule has 0 aliphatic carbocycles. The number of alkyl halides is 3. The maximum atomic E-state index is 16.2. The molecule has 7 rings (SSSR count). The van der Waals surface area contributed by atoms with Gasteiger partial charge in [0.15, 0.2) is 0 Å². The largest absolute Gasteiger partial charge is 0.469 e. The maximum Gasteiger partial charge on any atom is 0.407 e. The van der Waals surface area contributed by atoms with Crippen molar-refractivity contribution in [2.45, 2.75) is 109 Å². The summed E-state index contributed by atoms with van der Waals surface area (Å²) in [6.07, 6.45) is -3.07. The quantitative estimate of drug-likeness (QED) is 0.0351. The number of nitrogens with zero attached hydrogens (tertiary/aromatic N) is 5. The fourth-order valence-corrected chi connectivity index (χ4v) is 10.0. The van der Waals surface area contributed by atoms with Crippen LogP contribution in [-0.2, 0) is 41.6 Å². The standard InChI is InChI=1S/C55H65ClF4N8O8/c1-53(2,3)41(25-48(70)74-6)50(71)65-67(29-40-42(56)23-36(24-43(40)57)44-10-8-9-21-61-44)30-46(69)45(63-51(72)49(64-52(73)75-7)54(4,5)55(58,59)60)22-34-14-11-33(12-15-34)13-16-35-17-20-47(62-26-35)66-27-37-18-19-38(28-66)68(37)39-31-76-32-39/h8-12,14-15,17,20-21,23-24,26,37-39,41,45-46,49,69H,18-19,22,25,27-32H2,1-7H3,(H,63,72)(H,64,73)(H,65,71)/t37?,38?,41-,45+,46+,49-/m1/s1. The molecule has 0 spiro atoms. The third-order valence-corrected chi connectivity index (χ3v) is 14.8. The molecule has 2 aromatic carbocycles. The highest BCUT2D eigenvalue weighted by Gasteiger charge is 2.56. The molecule has 3 amide bonds. The summed E-state index contributed by atoms with van der Waals surface area (Å²) >= 11 is 6.72. The number of amides is 3. The molecule has 0 saturated carbocycles. The number of benzene rings is 2. The molecular weight excluding hydrogens is 1010 g/mol. The molecular formula is C55H65ClF4N8O8. The summed E-state index contributed by atoms with van der Waals surface area (Å²) in [5.74, 6) is 2.60. The van der Waals surface area contributed by atoms with Gasteiger partial charge in [-0.1, -0.05) is 62.4 Å². The van der Waals surface area contributed by atoms with E-state index in [0.717, 1.165) is 70.9 Å². The molecule has 0 radical (unpaired) electrons. The van der Waals surface area contributed by atoms with Crippen molar-refractivity contribution in [1.82, 2.24) is 35.9 Å². The first-order valence-electron chi connectivity index (χ1n) is 25.0. The minimum absolute atomic E-state index is 0.0696. The van der Waals surface area contributed by atoms with Crippen molar-refractivity contribution in [3.8, 4) is 23.1 Å². The number of piperazine rings is 1. The van der Waals surface area contributed by atoms with E-state index in [1.165, 1.54) is 25.4 Å². The van der Waals surface area contributed by atoms with Crippen molar-refractivity contribution in [1.29, 1.82) is 0 Å². The van der Waals surface area contributed by atoms with Gasteiger partial charge in [0.1, 0.15) is 17.7 Å². The number of hydrogen-bond donors (Lipinski definition) is 4. The Morgan fingerprint density at radius 1 is 0.882 bits per heavy atom. The van der Waals surface area contributed by atoms with Gasteiger partial charge in [-0.05, 0) is 92.6 Å². The number of pyridine rings is 2. The molecule has 2 unspecified atom stereocenters. The van der Waals surface area contributed by atoms with Gasteiger partial charge in [0.2, 0.25) is 11.8 Å². The maximum absolute atomic E-state index is 16.2. The summed E-state index contributed by atoms with van der Waals surface area (Å²) in [4.78, 5) is 67.3. The summed E-state index contributed by atoms with van der Waals surface area (Å²) in [5.41, 5.74) is 1.43. The SMILES string of the molecule is COC(=O)C[C@H](C(=O)NN(Cc1c(F)cc(-c2ccccn2)cc1Cl)C[C@H](O)[C@H](Cc1ccc(C#Cc2ccc(N3CC4CCC(C3)N4C3COC3)nc2)cc1)NC(=O)[C@@H](NC(=O)OC)C(C)(C)C(F)(F)F)C(C)(C)C. The van der Waals surface area contributed by atoms with Gasteiger partial charge >= 0.3 is 18.2 Å². The van der Waals surface area contributed by atoms with Crippen molar-refractivity contribution >= 4 is 41.3 Å². The van der Waals surface area contributed by atoms with Crippen LogP contribution in [0.2, 0.25) is 5.02 Å². The number of nitrogens with one attached hydrogen (secondary N) is 3. The topological polar surface area (TPSA) is 188 Å². The Labute approximate surface area is 445 Å². The number of halogens is 5. The highest BCUT2D eigenvalue weighted by molar-refractivity contribution is 6.31. The van der Waals surface area contributed by atoms with Crippen molar-refractivity contribution < 1.29 is 56.1 Å². The smallest absolute Gasteiger partial charge is 0.407 e. The zero-order chi connectivity index (χ0) is 55.1. The van der Waals surface area contributed by atoms with Crippen LogP contribution in [0.4, 0.5) is 28.2 Å². The minimum Gasteiger partial charge on any atom is -0.469 e. The average Bonchev–Trinajstić information content (AvgIpc) is 3.61. The van der Waals surface area contributed by atoms with E-state index in [1.54, 1.807) is 69.4 Å². The monoisotopic (exact) mass is 1080 g/mol. The van der Waals surface area contributed by atoms with E-state index in [0.29, 0.717) is 46.1 Å². The molecule has 3 aliphatic rings. The first-order valence-corrected chi connectivity index (χ1v) is 25.4. The van der Waals surface area contributed by atoms with Crippen molar-refractivity contribution in [2.24, 2.45) is 16.7 Å². The van der Waals surface area contributed by atoms with Gasteiger partial charge in [-0.15, -0.1) is 0 Å². The second-order valence-electron chi connectivity index (χ2n) is 21.1. The van der Waals surface area contributed by atoms with E-state index in [1.807, 2.05) is 17.4 Å². The van der Waals surface area contributed by atoms with Gasteiger partial charge in [0.05, 0.1) is 69.1 Å². The lowest BCUT2D eigenvalue weighted by Gasteiger charge is -2.47. The van der Waals surface area contributed by atoms with Crippen LogP contribution in [0.15, 0.2) is 79.1 Å². The summed E-state index contributed by atoms with van der Waals surface area (Å²) in [6, 6.07) is 16.1.